The van der Waals surface area contributed by atoms with Crippen LogP contribution in [0.3, 0.4) is 0 Å². The predicted octanol–water partition coefficient (Wildman–Crippen LogP) is 2.87. The monoisotopic (exact) mass is 399 g/mol. The average Bonchev–Trinajstić information content (AvgIpc) is 2.66. The molecule has 1 aliphatic heterocycles. The Morgan fingerprint density at radius 1 is 1.08 bits per heavy atom. The number of hydrogen-bond acceptors (Lipinski definition) is 5. The number of benzene rings is 1. The Balaban J connectivity index is 1.44. The lowest BCUT2D eigenvalue weighted by molar-refractivity contribution is 0.350. The van der Waals surface area contributed by atoms with Crippen molar-refractivity contribution in [2.75, 3.05) is 18.0 Å². The number of piperidine rings is 1. The summed E-state index contributed by atoms with van der Waals surface area (Å²) in [6, 6.07) is 7.50. The molecular formula is C18H18BrN5O. The number of halogens is 1. The molecule has 128 valence electrons. The highest BCUT2D eigenvalue weighted by Crippen LogP contribution is 2.22. The second-order valence-electron chi connectivity index (χ2n) is 6.35. The van der Waals surface area contributed by atoms with E-state index in [2.05, 4.69) is 35.8 Å². The van der Waals surface area contributed by atoms with Crippen molar-refractivity contribution < 1.29 is 0 Å². The zero-order valence-electron chi connectivity index (χ0n) is 13.7. The minimum absolute atomic E-state index is 0.0456. The smallest absolute Gasteiger partial charge is 0.261 e. The number of fused-ring (bicyclic) bond motifs is 1. The molecule has 0 amide bonds. The first-order valence-electron chi connectivity index (χ1n) is 8.37. The molecular weight excluding hydrogens is 382 g/mol. The van der Waals surface area contributed by atoms with E-state index in [9.17, 15) is 4.79 Å². The molecule has 4 rings (SSSR count). The lowest BCUT2D eigenvalue weighted by atomic mass is 9.97. The normalized spacial score (nSPS) is 15.6. The number of anilines is 1. The zero-order valence-corrected chi connectivity index (χ0v) is 15.3. The molecule has 6 nitrogen and oxygen atoms in total. The highest BCUT2D eigenvalue weighted by molar-refractivity contribution is 9.10. The Morgan fingerprint density at radius 3 is 2.56 bits per heavy atom. The summed E-state index contributed by atoms with van der Waals surface area (Å²) >= 11 is 3.36. The maximum absolute atomic E-state index is 12.6. The fourth-order valence-electron chi connectivity index (χ4n) is 3.30. The van der Waals surface area contributed by atoms with E-state index in [0.29, 0.717) is 17.8 Å². The number of rotatable bonds is 3. The third kappa shape index (κ3) is 3.42. The van der Waals surface area contributed by atoms with Crippen molar-refractivity contribution in [1.82, 2.24) is 19.5 Å². The van der Waals surface area contributed by atoms with E-state index in [-0.39, 0.29) is 5.56 Å². The van der Waals surface area contributed by atoms with Crippen LogP contribution in [-0.4, -0.2) is 32.6 Å². The quantitative estimate of drug-likeness (QED) is 0.677. The van der Waals surface area contributed by atoms with Crippen molar-refractivity contribution in [1.29, 1.82) is 0 Å². The molecule has 0 unspecified atom stereocenters. The van der Waals surface area contributed by atoms with Gasteiger partial charge in [-0.3, -0.25) is 9.36 Å². The lowest BCUT2D eigenvalue weighted by Gasteiger charge is -2.32. The van der Waals surface area contributed by atoms with Gasteiger partial charge in [0.15, 0.2) is 0 Å². The van der Waals surface area contributed by atoms with E-state index >= 15 is 0 Å². The molecule has 3 heterocycles. The number of hydrogen-bond donors (Lipinski definition) is 0. The van der Waals surface area contributed by atoms with Gasteiger partial charge >= 0.3 is 0 Å². The van der Waals surface area contributed by atoms with Crippen LogP contribution in [0, 0.1) is 5.92 Å². The van der Waals surface area contributed by atoms with Crippen LogP contribution in [0.4, 0.5) is 5.95 Å². The van der Waals surface area contributed by atoms with E-state index < -0.39 is 0 Å². The van der Waals surface area contributed by atoms with Crippen molar-refractivity contribution in [3.8, 4) is 0 Å². The first-order chi connectivity index (χ1) is 12.2. The van der Waals surface area contributed by atoms with E-state index in [1.54, 1.807) is 23.3 Å². The summed E-state index contributed by atoms with van der Waals surface area (Å²) in [5, 5.41) is 0.686. The summed E-state index contributed by atoms with van der Waals surface area (Å²) in [6.07, 6.45) is 7.25. The Labute approximate surface area is 153 Å². The summed E-state index contributed by atoms with van der Waals surface area (Å²) in [5.74, 6) is 1.23. The van der Waals surface area contributed by atoms with Gasteiger partial charge < -0.3 is 4.90 Å². The van der Waals surface area contributed by atoms with Crippen molar-refractivity contribution in [2.24, 2.45) is 5.92 Å². The molecule has 1 saturated heterocycles. The van der Waals surface area contributed by atoms with Gasteiger partial charge in [0.05, 0.1) is 21.7 Å². The van der Waals surface area contributed by atoms with Crippen LogP contribution in [0.1, 0.15) is 12.8 Å². The molecule has 1 aliphatic rings. The SMILES string of the molecule is O=c1c2ccccc2ncn1CC1CCN(c2ncc(Br)cn2)CC1. The van der Waals surface area contributed by atoms with Crippen LogP contribution in [-0.2, 0) is 6.54 Å². The van der Waals surface area contributed by atoms with Crippen molar-refractivity contribution in [3.05, 3.63) is 57.8 Å². The van der Waals surface area contributed by atoms with Crippen LogP contribution in [0.15, 0.2) is 52.3 Å². The summed E-state index contributed by atoms with van der Waals surface area (Å²) in [4.78, 5) is 27.9. The molecule has 0 atom stereocenters. The Kier molecular flexibility index (Phi) is 4.48. The predicted molar refractivity (Wildman–Crippen MR) is 101 cm³/mol. The number of aromatic nitrogens is 4. The molecule has 3 aromatic rings. The van der Waals surface area contributed by atoms with Crippen molar-refractivity contribution >= 4 is 32.8 Å². The maximum atomic E-state index is 12.6. The van der Waals surface area contributed by atoms with E-state index in [4.69, 9.17) is 0 Å². The molecule has 25 heavy (non-hydrogen) atoms. The molecule has 1 aromatic carbocycles. The van der Waals surface area contributed by atoms with E-state index in [0.717, 1.165) is 41.9 Å². The van der Waals surface area contributed by atoms with Gasteiger partial charge in [-0.25, -0.2) is 15.0 Å². The van der Waals surface area contributed by atoms with Crippen LogP contribution >= 0.6 is 15.9 Å². The fraction of sp³-hybridized carbons (Fsp3) is 0.333. The van der Waals surface area contributed by atoms with E-state index in [1.807, 2.05) is 24.3 Å². The highest BCUT2D eigenvalue weighted by atomic mass is 79.9. The van der Waals surface area contributed by atoms with Crippen molar-refractivity contribution in [3.63, 3.8) is 0 Å². The Hall–Kier alpha value is -2.28. The molecule has 0 spiro atoms. The fourth-order valence-corrected chi connectivity index (χ4v) is 3.50. The van der Waals surface area contributed by atoms with Gasteiger partial charge in [-0.05, 0) is 46.8 Å². The lowest BCUT2D eigenvalue weighted by Crippen LogP contribution is -2.37. The minimum atomic E-state index is 0.0456. The number of para-hydroxylation sites is 1. The highest BCUT2D eigenvalue weighted by Gasteiger charge is 2.21. The van der Waals surface area contributed by atoms with E-state index in [1.165, 1.54) is 0 Å². The van der Waals surface area contributed by atoms with Gasteiger partial charge in [0.2, 0.25) is 5.95 Å². The van der Waals surface area contributed by atoms with Gasteiger partial charge in [-0.1, -0.05) is 12.1 Å². The maximum Gasteiger partial charge on any atom is 0.261 e. The summed E-state index contributed by atoms with van der Waals surface area (Å²) < 4.78 is 2.63. The third-order valence-corrected chi connectivity index (χ3v) is 5.10. The molecule has 1 fully saturated rings. The van der Waals surface area contributed by atoms with Crippen molar-refractivity contribution in [2.45, 2.75) is 19.4 Å². The first kappa shape index (κ1) is 16.2. The largest absolute Gasteiger partial charge is 0.341 e. The van der Waals surface area contributed by atoms with Gasteiger partial charge in [0.1, 0.15) is 0 Å². The van der Waals surface area contributed by atoms with Crippen LogP contribution in [0.5, 0.6) is 0 Å². The van der Waals surface area contributed by atoms with Gasteiger partial charge in [-0.15, -0.1) is 0 Å². The second kappa shape index (κ2) is 6.92. The Bertz CT molecular complexity index is 932. The topological polar surface area (TPSA) is 63.9 Å². The zero-order chi connectivity index (χ0) is 17.2. The molecule has 2 aromatic heterocycles. The summed E-state index contributed by atoms with van der Waals surface area (Å²) in [7, 11) is 0. The minimum Gasteiger partial charge on any atom is -0.341 e. The summed E-state index contributed by atoms with van der Waals surface area (Å²) in [6.45, 7) is 2.52. The Morgan fingerprint density at radius 2 is 1.80 bits per heavy atom. The molecule has 0 radical (unpaired) electrons. The first-order valence-corrected chi connectivity index (χ1v) is 9.17. The second-order valence-corrected chi connectivity index (χ2v) is 7.27. The van der Waals surface area contributed by atoms with Crippen LogP contribution < -0.4 is 10.5 Å². The molecule has 7 heteroatoms. The van der Waals surface area contributed by atoms with Crippen LogP contribution in [0.2, 0.25) is 0 Å². The standard InChI is InChI=1S/C18H18BrN5O/c19-14-9-20-18(21-10-14)23-7-5-13(6-8-23)11-24-12-22-16-4-2-1-3-15(16)17(24)25/h1-4,9-10,12-13H,5-8,11H2. The average molecular weight is 400 g/mol. The number of nitrogens with zero attached hydrogens (tertiary/aromatic N) is 5. The van der Waals surface area contributed by atoms with Crippen LogP contribution in [0.25, 0.3) is 10.9 Å². The van der Waals surface area contributed by atoms with Gasteiger partial charge in [0, 0.05) is 32.0 Å². The molecule has 0 N–H and O–H groups in total. The summed E-state index contributed by atoms with van der Waals surface area (Å²) in [5.41, 5.74) is 0.801. The molecule has 0 saturated carbocycles. The molecule has 0 aliphatic carbocycles. The van der Waals surface area contributed by atoms with Gasteiger partial charge in [-0.2, -0.15) is 0 Å². The third-order valence-electron chi connectivity index (χ3n) is 4.69. The van der Waals surface area contributed by atoms with Gasteiger partial charge in [0.25, 0.3) is 5.56 Å². The molecule has 0 bridgehead atoms.